The summed E-state index contributed by atoms with van der Waals surface area (Å²) in [6.45, 7) is 1.36. The molecule has 0 aliphatic carbocycles. The summed E-state index contributed by atoms with van der Waals surface area (Å²) in [6.07, 6.45) is 1.38. The lowest BCUT2D eigenvalue weighted by Crippen LogP contribution is -2.11. The molecule has 4 rings (SSSR count). The van der Waals surface area contributed by atoms with Crippen molar-refractivity contribution in [1.82, 2.24) is 9.97 Å². The van der Waals surface area contributed by atoms with Crippen molar-refractivity contribution in [3.8, 4) is 0 Å². The molecule has 0 unspecified atom stereocenters. The van der Waals surface area contributed by atoms with Gasteiger partial charge in [-0.05, 0) is 16.8 Å². The molecule has 6 heteroatoms. The Bertz CT molecular complexity index is 1150. The zero-order valence-corrected chi connectivity index (χ0v) is 12.2. The Morgan fingerprint density at radius 3 is 2.78 bits per heavy atom. The molecule has 1 N–H and O–H groups in total. The second-order valence-electron chi connectivity index (χ2n) is 5.18. The quantitative estimate of drug-likeness (QED) is 0.432. The molecule has 0 spiro atoms. The Labute approximate surface area is 129 Å². The molecule has 0 aliphatic rings. The highest BCUT2D eigenvalue weighted by Crippen LogP contribution is 2.25. The van der Waals surface area contributed by atoms with E-state index in [4.69, 9.17) is 4.42 Å². The monoisotopic (exact) mass is 305 g/mol. The summed E-state index contributed by atoms with van der Waals surface area (Å²) >= 11 is 0. The van der Waals surface area contributed by atoms with Gasteiger partial charge in [0, 0.05) is 13.1 Å². The number of carbonyl (C=O) groups excluding carboxylic acids is 1. The smallest absolute Gasteiger partial charge is 0.235 e. The number of benzene rings is 2. The van der Waals surface area contributed by atoms with Gasteiger partial charge in [-0.1, -0.05) is 30.3 Å². The van der Waals surface area contributed by atoms with E-state index in [1.54, 1.807) is 6.07 Å². The summed E-state index contributed by atoms with van der Waals surface area (Å²) in [5.74, 6) is -0.188. The fourth-order valence-corrected chi connectivity index (χ4v) is 2.63. The highest BCUT2D eigenvalue weighted by atomic mass is 16.3. The third-order valence-electron chi connectivity index (χ3n) is 3.61. The van der Waals surface area contributed by atoms with Gasteiger partial charge in [0.1, 0.15) is 11.0 Å². The molecular formula is C17H11N3O3. The van der Waals surface area contributed by atoms with Crippen molar-refractivity contribution in [3.63, 3.8) is 0 Å². The largest absolute Gasteiger partial charge is 0.437 e. The lowest BCUT2D eigenvalue weighted by Gasteiger charge is -2.05. The SMILES string of the molecule is CC(=O)Nc1ncc2c(=O)c3c(ccc4ccccc43)oc2n1. The number of nitrogens with one attached hydrogen (secondary N) is 1. The van der Waals surface area contributed by atoms with E-state index >= 15 is 0 Å². The van der Waals surface area contributed by atoms with E-state index in [2.05, 4.69) is 15.3 Å². The van der Waals surface area contributed by atoms with E-state index in [9.17, 15) is 9.59 Å². The maximum Gasteiger partial charge on any atom is 0.235 e. The lowest BCUT2D eigenvalue weighted by molar-refractivity contribution is -0.114. The molecule has 1 amide bonds. The zero-order valence-electron chi connectivity index (χ0n) is 12.2. The average molecular weight is 305 g/mol. The maximum absolute atomic E-state index is 12.8. The predicted octanol–water partition coefficient (Wildman–Crippen LogP) is 2.85. The van der Waals surface area contributed by atoms with Crippen LogP contribution in [0.2, 0.25) is 0 Å². The van der Waals surface area contributed by atoms with Gasteiger partial charge in [0.15, 0.2) is 0 Å². The Kier molecular flexibility index (Phi) is 2.84. The molecule has 2 heterocycles. The molecule has 2 aromatic heterocycles. The Balaban J connectivity index is 2.10. The third-order valence-corrected chi connectivity index (χ3v) is 3.61. The lowest BCUT2D eigenvalue weighted by atomic mass is 10.1. The molecule has 0 atom stereocenters. The van der Waals surface area contributed by atoms with Gasteiger partial charge in [-0.3, -0.25) is 14.9 Å². The normalized spacial score (nSPS) is 11.2. The number of nitrogens with zero attached hydrogens (tertiary/aromatic N) is 2. The summed E-state index contributed by atoms with van der Waals surface area (Å²) in [5, 5.41) is 5.04. The fourth-order valence-electron chi connectivity index (χ4n) is 2.63. The van der Waals surface area contributed by atoms with Gasteiger partial charge in [0.25, 0.3) is 0 Å². The van der Waals surface area contributed by atoms with Crippen LogP contribution in [0, 0.1) is 0 Å². The molecule has 0 bridgehead atoms. The van der Waals surface area contributed by atoms with Crippen molar-refractivity contribution in [3.05, 3.63) is 52.8 Å². The molecule has 0 radical (unpaired) electrons. The summed E-state index contributed by atoms with van der Waals surface area (Å²) in [6, 6.07) is 11.3. The van der Waals surface area contributed by atoms with Crippen LogP contribution < -0.4 is 10.7 Å². The van der Waals surface area contributed by atoms with Crippen LogP contribution in [0.5, 0.6) is 0 Å². The molecule has 0 saturated carbocycles. The molecular weight excluding hydrogens is 294 g/mol. The number of fused-ring (bicyclic) bond motifs is 4. The number of anilines is 1. The summed E-state index contributed by atoms with van der Waals surface area (Å²) in [5.41, 5.74) is 0.414. The van der Waals surface area contributed by atoms with Crippen LogP contribution in [0.15, 0.2) is 51.8 Å². The maximum atomic E-state index is 12.8. The van der Waals surface area contributed by atoms with Gasteiger partial charge >= 0.3 is 0 Å². The van der Waals surface area contributed by atoms with Crippen molar-refractivity contribution >= 4 is 44.7 Å². The minimum absolute atomic E-state index is 0.105. The molecule has 0 fully saturated rings. The number of amides is 1. The number of carbonyl (C=O) groups is 1. The second-order valence-corrected chi connectivity index (χ2v) is 5.18. The predicted molar refractivity (Wildman–Crippen MR) is 87.4 cm³/mol. The second kappa shape index (κ2) is 4.88. The topological polar surface area (TPSA) is 85.1 Å². The summed E-state index contributed by atoms with van der Waals surface area (Å²) in [7, 11) is 0. The van der Waals surface area contributed by atoms with Gasteiger partial charge in [0.05, 0.1) is 5.39 Å². The minimum Gasteiger partial charge on any atom is -0.437 e. The molecule has 23 heavy (non-hydrogen) atoms. The van der Waals surface area contributed by atoms with Crippen LogP contribution in [0.1, 0.15) is 6.92 Å². The first-order valence-electron chi connectivity index (χ1n) is 7.02. The molecule has 0 saturated heterocycles. The standard InChI is InChI=1S/C17H11N3O3/c1-9(21)19-17-18-8-12-15(22)14-11-5-3-2-4-10(11)6-7-13(14)23-16(12)20-17/h2-8H,1H3,(H,18,19,20,21). The van der Waals surface area contributed by atoms with Gasteiger partial charge < -0.3 is 4.42 Å². The van der Waals surface area contributed by atoms with Crippen LogP contribution in [0.3, 0.4) is 0 Å². The molecule has 112 valence electrons. The molecule has 6 nitrogen and oxygen atoms in total. The van der Waals surface area contributed by atoms with Crippen molar-refractivity contribution in [1.29, 1.82) is 0 Å². The highest BCUT2D eigenvalue weighted by Gasteiger charge is 2.13. The van der Waals surface area contributed by atoms with E-state index < -0.39 is 0 Å². The molecule has 4 aromatic rings. The zero-order chi connectivity index (χ0) is 16.0. The number of hydrogen-bond acceptors (Lipinski definition) is 5. The minimum atomic E-state index is -0.293. The summed E-state index contributed by atoms with van der Waals surface area (Å²) < 4.78 is 5.75. The van der Waals surface area contributed by atoms with E-state index in [1.807, 2.05) is 30.3 Å². The van der Waals surface area contributed by atoms with Crippen molar-refractivity contribution in [2.24, 2.45) is 0 Å². The fraction of sp³-hybridized carbons (Fsp3) is 0.0588. The van der Waals surface area contributed by atoms with E-state index in [1.165, 1.54) is 13.1 Å². The average Bonchev–Trinajstić information content (AvgIpc) is 2.53. The van der Waals surface area contributed by atoms with E-state index in [0.29, 0.717) is 11.0 Å². The van der Waals surface area contributed by atoms with Gasteiger partial charge in [-0.25, -0.2) is 4.98 Å². The number of hydrogen-bond donors (Lipinski definition) is 1. The highest BCUT2D eigenvalue weighted by molar-refractivity contribution is 6.07. The van der Waals surface area contributed by atoms with Crippen molar-refractivity contribution < 1.29 is 9.21 Å². The van der Waals surface area contributed by atoms with Crippen molar-refractivity contribution in [2.75, 3.05) is 5.32 Å². The van der Waals surface area contributed by atoms with E-state index in [-0.39, 0.29) is 28.4 Å². The van der Waals surface area contributed by atoms with E-state index in [0.717, 1.165) is 10.8 Å². The van der Waals surface area contributed by atoms with Crippen LogP contribution in [0.4, 0.5) is 5.95 Å². The van der Waals surface area contributed by atoms with Crippen LogP contribution >= 0.6 is 0 Å². The number of rotatable bonds is 1. The van der Waals surface area contributed by atoms with Crippen LogP contribution in [-0.4, -0.2) is 15.9 Å². The Morgan fingerprint density at radius 2 is 1.96 bits per heavy atom. The van der Waals surface area contributed by atoms with Crippen LogP contribution in [0.25, 0.3) is 32.8 Å². The Morgan fingerprint density at radius 1 is 1.13 bits per heavy atom. The third kappa shape index (κ3) is 2.12. The van der Waals surface area contributed by atoms with Gasteiger partial charge in [-0.2, -0.15) is 4.98 Å². The van der Waals surface area contributed by atoms with Gasteiger partial charge in [-0.15, -0.1) is 0 Å². The van der Waals surface area contributed by atoms with Gasteiger partial charge in [0.2, 0.25) is 23.0 Å². The van der Waals surface area contributed by atoms with Crippen LogP contribution in [-0.2, 0) is 4.79 Å². The first kappa shape index (κ1) is 13.4. The number of aromatic nitrogens is 2. The molecule has 2 aromatic carbocycles. The van der Waals surface area contributed by atoms with Crippen molar-refractivity contribution in [2.45, 2.75) is 6.92 Å². The Hall–Kier alpha value is -3.28. The summed E-state index contributed by atoms with van der Waals surface area (Å²) in [4.78, 5) is 32.0. The first-order chi connectivity index (χ1) is 11.1. The first-order valence-corrected chi connectivity index (χ1v) is 7.02. The molecule has 0 aliphatic heterocycles.